The Hall–Kier alpha value is -4.06. The fraction of sp³-hybridized carbons (Fsp3) is 0.179. The number of amides is 3. The van der Waals surface area contributed by atoms with Crippen molar-refractivity contribution in [1.82, 2.24) is 4.90 Å². The number of nitro benzene ring substituents is 1. The van der Waals surface area contributed by atoms with Gasteiger partial charge in [0.25, 0.3) is 22.7 Å². The van der Waals surface area contributed by atoms with Crippen LogP contribution in [0.3, 0.4) is 0 Å². The fourth-order valence-electron chi connectivity index (χ4n) is 3.86. The molecule has 0 aromatic heterocycles. The first kappa shape index (κ1) is 29.9. The van der Waals surface area contributed by atoms with Crippen LogP contribution in [0.15, 0.2) is 59.5 Å². The Labute approximate surface area is 249 Å². The molecule has 3 aromatic carbocycles. The lowest BCUT2D eigenvalue weighted by Crippen LogP contribution is -2.27. The molecule has 0 radical (unpaired) electrons. The van der Waals surface area contributed by atoms with Gasteiger partial charge in [-0.25, -0.2) is 0 Å². The molecule has 3 amide bonds. The van der Waals surface area contributed by atoms with Gasteiger partial charge in [0.1, 0.15) is 0 Å². The maximum atomic E-state index is 13.0. The molecule has 4 rings (SSSR count). The highest BCUT2D eigenvalue weighted by Gasteiger charge is 2.36. The standard InChI is InChI=1S/C28H23Cl2N3O7S/c1-3-39-23-11-17(10-21(30)26(23)40-15-25(34)31-19-9-8-16(2)20(29)13-19)12-24-27(35)32(28(36)41-24)14-18-6-4-5-7-22(18)33(37)38/h4-13H,3,14-15H2,1-2H3,(H,31,34)/b24-12-. The maximum Gasteiger partial charge on any atom is 0.293 e. The number of halogens is 2. The highest BCUT2D eigenvalue weighted by atomic mass is 35.5. The number of carbonyl (C=O) groups excluding carboxylic acids is 3. The third-order valence-electron chi connectivity index (χ3n) is 5.82. The number of hydrogen-bond acceptors (Lipinski definition) is 8. The van der Waals surface area contributed by atoms with Crippen molar-refractivity contribution in [2.24, 2.45) is 0 Å². The minimum absolute atomic E-state index is 0.108. The van der Waals surface area contributed by atoms with Crippen LogP contribution in [0.4, 0.5) is 16.2 Å². The summed E-state index contributed by atoms with van der Waals surface area (Å²) >= 11 is 13.3. The van der Waals surface area contributed by atoms with Gasteiger partial charge in [-0.05, 0) is 67.1 Å². The molecule has 0 aliphatic carbocycles. The van der Waals surface area contributed by atoms with Gasteiger partial charge in [0, 0.05) is 22.3 Å². The van der Waals surface area contributed by atoms with E-state index in [1.54, 1.807) is 37.3 Å². The number of carbonyl (C=O) groups is 3. The molecule has 0 bridgehead atoms. The number of benzene rings is 3. The highest BCUT2D eigenvalue weighted by Crippen LogP contribution is 2.40. The molecule has 212 valence electrons. The van der Waals surface area contributed by atoms with Gasteiger partial charge in [0.05, 0.1) is 28.0 Å². The number of thioether (sulfide) groups is 1. The van der Waals surface area contributed by atoms with Crippen LogP contribution in [0.5, 0.6) is 11.5 Å². The van der Waals surface area contributed by atoms with Gasteiger partial charge in [0.2, 0.25) is 0 Å². The normalized spacial score (nSPS) is 14.0. The molecule has 1 aliphatic rings. The number of ether oxygens (including phenoxy) is 2. The quantitative estimate of drug-likeness (QED) is 0.149. The Morgan fingerprint density at radius 2 is 1.85 bits per heavy atom. The SMILES string of the molecule is CCOc1cc(/C=C2\SC(=O)N(Cc3ccccc3[N+](=O)[O-])C2=O)cc(Cl)c1OCC(=O)Nc1ccc(C)c(Cl)c1. The van der Waals surface area contributed by atoms with Crippen LogP contribution < -0.4 is 14.8 Å². The van der Waals surface area contributed by atoms with Crippen molar-refractivity contribution >= 4 is 69.5 Å². The van der Waals surface area contributed by atoms with E-state index in [-0.39, 0.29) is 52.4 Å². The molecule has 1 saturated heterocycles. The maximum absolute atomic E-state index is 13.0. The number of hydrogen-bond donors (Lipinski definition) is 1. The largest absolute Gasteiger partial charge is 0.490 e. The average molecular weight is 616 g/mol. The van der Waals surface area contributed by atoms with E-state index < -0.39 is 22.0 Å². The number of nitro groups is 1. The van der Waals surface area contributed by atoms with Gasteiger partial charge in [0.15, 0.2) is 18.1 Å². The Bertz CT molecular complexity index is 1580. The summed E-state index contributed by atoms with van der Waals surface area (Å²) in [5, 5.41) is 14.1. The summed E-state index contributed by atoms with van der Waals surface area (Å²) in [7, 11) is 0. The third kappa shape index (κ3) is 7.18. The minimum Gasteiger partial charge on any atom is -0.490 e. The van der Waals surface area contributed by atoms with Crippen LogP contribution in [0.2, 0.25) is 10.0 Å². The number of aryl methyl sites for hydroxylation is 1. The van der Waals surface area contributed by atoms with Gasteiger partial charge < -0.3 is 14.8 Å². The van der Waals surface area contributed by atoms with Crippen molar-refractivity contribution in [1.29, 1.82) is 0 Å². The number of nitrogens with one attached hydrogen (secondary N) is 1. The first-order chi connectivity index (χ1) is 19.6. The summed E-state index contributed by atoms with van der Waals surface area (Å²) < 4.78 is 11.3. The molecule has 1 N–H and O–H groups in total. The van der Waals surface area contributed by atoms with Crippen LogP contribution in [0.25, 0.3) is 6.08 Å². The minimum atomic E-state index is -0.597. The van der Waals surface area contributed by atoms with Crippen LogP contribution in [0, 0.1) is 17.0 Å². The van der Waals surface area contributed by atoms with E-state index in [9.17, 15) is 24.5 Å². The van der Waals surface area contributed by atoms with Crippen molar-refractivity contribution in [3.05, 3.63) is 96.4 Å². The molecule has 1 fully saturated rings. The van der Waals surface area contributed by atoms with E-state index in [0.717, 1.165) is 10.5 Å². The molecule has 0 atom stereocenters. The summed E-state index contributed by atoms with van der Waals surface area (Å²) in [5.74, 6) is -0.677. The number of anilines is 1. The van der Waals surface area contributed by atoms with Crippen molar-refractivity contribution in [3.8, 4) is 11.5 Å². The molecule has 0 spiro atoms. The second-order valence-corrected chi connectivity index (χ2v) is 10.5. The Balaban J connectivity index is 1.50. The van der Waals surface area contributed by atoms with E-state index in [1.165, 1.54) is 30.3 Å². The molecule has 0 unspecified atom stereocenters. The van der Waals surface area contributed by atoms with Gasteiger partial charge in [-0.1, -0.05) is 47.5 Å². The zero-order chi connectivity index (χ0) is 29.7. The number of para-hydroxylation sites is 1. The van der Waals surface area contributed by atoms with Crippen molar-refractivity contribution < 1.29 is 28.8 Å². The predicted octanol–water partition coefficient (Wildman–Crippen LogP) is 6.86. The number of nitrogens with zero attached hydrogens (tertiary/aromatic N) is 2. The average Bonchev–Trinajstić information content (AvgIpc) is 3.18. The molecule has 13 heteroatoms. The van der Waals surface area contributed by atoms with Crippen molar-refractivity contribution in [2.75, 3.05) is 18.5 Å². The number of imide groups is 1. The molecule has 10 nitrogen and oxygen atoms in total. The lowest BCUT2D eigenvalue weighted by atomic mass is 10.1. The monoisotopic (exact) mass is 615 g/mol. The van der Waals surface area contributed by atoms with E-state index >= 15 is 0 Å². The second-order valence-electron chi connectivity index (χ2n) is 8.72. The van der Waals surface area contributed by atoms with E-state index in [1.807, 2.05) is 6.92 Å². The molecule has 0 saturated carbocycles. The molecule has 41 heavy (non-hydrogen) atoms. The van der Waals surface area contributed by atoms with E-state index in [0.29, 0.717) is 28.0 Å². The smallest absolute Gasteiger partial charge is 0.293 e. The van der Waals surface area contributed by atoms with Gasteiger partial charge >= 0.3 is 0 Å². The second kappa shape index (κ2) is 13.1. The van der Waals surface area contributed by atoms with Crippen LogP contribution in [0.1, 0.15) is 23.6 Å². The zero-order valence-electron chi connectivity index (χ0n) is 21.8. The fourth-order valence-corrected chi connectivity index (χ4v) is 5.15. The summed E-state index contributed by atoms with van der Waals surface area (Å²) in [6.07, 6.45) is 1.47. The summed E-state index contributed by atoms with van der Waals surface area (Å²) in [6, 6.07) is 14.1. The van der Waals surface area contributed by atoms with Crippen LogP contribution >= 0.6 is 35.0 Å². The van der Waals surface area contributed by atoms with Gasteiger partial charge in [-0.2, -0.15) is 0 Å². The molecular formula is C28H23Cl2N3O7S. The Morgan fingerprint density at radius 3 is 2.56 bits per heavy atom. The zero-order valence-corrected chi connectivity index (χ0v) is 24.1. The lowest BCUT2D eigenvalue weighted by Gasteiger charge is -2.15. The third-order valence-corrected chi connectivity index (χ3v) is 7.42. The molecule has 1 heterocycles. The topological polar surface area (TPSA) is 128 Å². The first-order valence-corrected chi connectivity index (χ1v) is 13.8. The van der Waals surface area contributed by atoms with Crippen molar-refractivity contribution in [2.45, 2.75) is 20.4 Å². The summed E-state index contributed by atoms with van der Waals surface area (Å²) in [4.78, 5) is 49.9. The number of rotatable bonds is 10. The van der Waals surface area contributed by atoms with E-state index in [4.69, 9.17) is 32.7 Å². The Morgan fingerprint density at radius 1 is 1.10 bits per heavy atom. The predicted molar refractivity (Wildman–Crippen MR) is 158 cm³/mol. The first-order valence-electron chi connectivity index (χ1n) is 12.2. The summed E-state index contributed by atoms with van der Waals surface area (Å²) in [6.45, 7) is 3.26. The summed E-state index contributed by atoms with van der Waals surface area (Å²) in [5.41, 5.74) is 1.88. The molecule has 3 aromatic rings. The Kier molecular flexibility index (Phi) is 9.53. The van der Waals surface area contributed by atoms with Crippen molar-refractivity contribution in [3.63, 3.8) is 0 Å². The van der Waals surface area contributed by atoms with Crippen LogP contribution in [-0.2, 0) is 16.1 Å². The highest BCUT2D eigenvalue weighted by molar-refractivity contribution is 8.18. The molecular weight excluding hydrogens is 593 g/mol. The molecule has 1 aliphatic heterocycles. The van der Waals surface area contributed by atoms with Gasteiger partial charge in [-0.3, -0.25) is 29.4 Å². The van der Waals surface area contributed by atoms with Crippen LogP contribution in [-0.4, -0.2) is 40.1 Å². The van der Waals surface area contributed by atoms with Gasteiger partial charge in [-0.15, -0.1) is 0 Å². The van der Waals surface area contributed by atoms with E-state index in [2.05, 4.69) is 5.32 Å². The lowest BCUT2D eigenvalue weighted by molar-refractivity contribution is -0.385.